The predicted octanol–water partition coefficient (Wildman–Crippen LogP) is 2.24. The zero-order valence-electron chi connectivity index (χ0n) is 7.60. The lowest BCUT2D eigenvalue weighted by Gasteiger charge is -2.01. The van der Waals surface area contributed by atoms with Crippen LogP contribution in [0.5, 0.6) is 0 Å². The van der Waals surface area contributed by atoms with Crippen LogP contribution in [0.4, 0.5) is 0 Å². The van der Waals surface area contributed by atoms with Crippen molar-refractivity contribution in [3.05, 3.63) is 36.4 Å². The molecule has 0 radical (unpaired) electrons. The highest BCUT2D eigenvalue weighted by Crippen LogP contribution is 2.12. The number of nitrogens with zero attached hydrogens (tertiary/aromatic N) is 2. The van der Waals surface area contributed by atoms with E-state index in [9.17, 15) is 0 Å². The van der Waals surface area contributed by atoms with Gasteiger partial charge in [-0.05, 0) is 30.1 Å². The summed E-state index contributed by atoms with van der Waals surface area (Å²) < 4.78 is 2.07. The van der Waals surface area contributed by atoms with Gasteiger partial charge in [-0.2, -0.15) is 11.8 Å². The van der Waals surface area contributed by atoms with Crippen LogP contribution in [0.25, 0.3) is 5.52 Å². The van der Waals surface area contributed by atoms with Gasteiger partial charge < -0.3 is 4.40 Å². The Morgan fingerprint density at radius 1 is 1.54 bits per heavy atom. The van der Waals surface area contributed by atoms with Gasteiger partial charge in [0.25, 0.3) is 0 Å². The maximum Gasteiger partial charge on any atom is 0.0992 e. The quantitative estimate of drug-likeness (QED) is 0.742. The molecule has 0 spiro atoms. The van der Waals surface area contributed by atoms with Crippen LogP contribution in [-0.4, -0.2) is 21.4 Å². The SMILES string of the molecule is CSCCc1cccn2cncc12. The molecule has 0 aliphatic heterocycles. The Bertz CT molecular complexity index is 394. The molecule has 2 rings (SSSR count). The van der Waals surface area contributed by atoms with Crippen LogP contribution in [-0.2, 0) is 6.42 Å². The summed E-state index contributed by atoms with van der Waals surface area (Å²) in [5.74, 6) is 1.17. The zero-order chi connectivity index (χ0) is 9.10. The number of fused-ring (bicyclic) bond motifs is 1. The average molecular weight is 192 g/mol. The third kappa shape index (κ3) is 1.70. The van der Waals surface area contributed by atoms with Crippen LogP contribution < -0.4 is 0 Å². The number of imidazole rings is 1. The summed E-state index contributed by atoms with van der Waals surface area (Å²) in [5.41, 5.74) is 2.62. The molecule has 0 amide bonds. The van der Waals surface area contributed by atoms with E-state index in [0.717, 1.165) is 6.42 Å². The van der Waals surface area contributed by atoms with Crippen LogP contribution in [0.1, 0.15) is 5.56 Å². The van der Waals surface area contributed by atoms with Gasteiger partial charge in [0.2, 0.25) is 0 Å². The lowest BCUT2D eigenvalue weighted by atomic mass is 10.2. The summed E-state index contributed by atoms with van der Waals surface area (Å²) in [5, 5.41) is 0. The Morgan fingerprint density at radius 2 is 2.46 bits per heavy atom. The van der Waals surface area contributed by atoms with Crippen LogP contribution in [0.3, 0.4) is 0 Å². The largest absolute Gasteiger partial charge is 0.306 e. The highest BCUT2D eigenvalue weighted by Gasteiger charge is 1.99. The topological polar surface area (TPSA) is 17.3 Å². The van der Waals surface area contributed by atoms with E-state index in [1.165, 1.54) is 16.8 Å². The van der Waals surface area contributed by atoms with Crippen molar-refractivity contribution in [2.24, 2.45) is 0 Å². The first-order chi connectivity index (χ1) is 6.42. The van der Waals surface area contributed by atoms with E-state index in [4.69, 9.17) is 0 Å². The minimum absolute atomic E-state index is 1.12. The Labute approximate surface area is 82.0 Å². The molecule has 68 valence electrons. The van der Waals surface area contributed by atoms with Crippen molar-refractivity contribution < 1.29 is 0 Å². The molecule has 0 aliphatic carbocycles. The summed E-state index contributed by atoms with van der Waals surface area (Å²) in [6.07, 6.45) is 9.06. The van der Waals surface area contributed by atoms with Gasteiger partial charge in [0.1, 0.15) is 0 Å². The van der Waals surface area contributed by atoms with Gasteiger partial charge in [-0.1, -0.05) is 6.07 Å². The van der Waals surface area contributed by atoms with Crippen molar-refractivity contribution in [2.45, 2.75) is 6.42 Å². The van der Waals surface area contributed by atoms with Crippen molar-refractivity contribution in [1.29, 1.82) is 0 Å². The van der Waals surface area contributed by atoms with Gasteiger partial charge in [-0.3, -0.25) is 0 Å². The Balaban J connectivity index is 2.37. The minimum atomic E-state index is 1.12. The maximum absolute atomic E-state index is 4.13. The normalized spacial score (nSPS) is 10.8. The molecule has 13 heavy (non-hydrogen) atoms. The van der Waals surface area contributed by atoms with Gasteiger partial charge in [-0.25, -0.2) is 4.98 Å². The maximum atomic E-state index is 4.13. The van der Waals surface area contributed by atoms with Crippen LogP contribution >= 0.6 is 11.8 Å². The van der Waals surface area contributed by atoms with Crippen molar-refractivity contribution in [1.82, 2.24) is 9.38 Å². The third-order valence-corrected chi connectivity index (χ3v) is 2.73. The highest BCUT2D eigenvalue weighted by atomic mass is 32.2. The zero-order valence-corrected chi connectivity index (χ0v) is 8.42. The van der Waals surface area contributed by atoms with Gasteiger partial charge in [0.05, 0.1) is 18.0 Å². The molecule has 2 heterocycles. The second-order valence-corrected chi connectivity index (χ2v) is 3.95. The first-order valence-electron chi connectivity index (χ1n) is 4.30. The van der Waals surface area contributed by atoms with Crippen molar-refractivity contribution in [2.75, 3.05) is 12.0 Å². The Hall–Kier alpha value is -0.960. The monoisotopic (exact) mass is 192 g/mol. The highest BCUT2D eigenvalue weighted by molar-refractivity contribution is 7.98. The number of hydrogen-bond acceptors (Lipinski definition) is 2. The van der Waals surface area contributed by atoms with Gasteiger partial charge in [0.15, 0.2) is 0 Å². The number of thioether (sulfide) groups is 1. The van der Waals surface area contributed by atoms with E-state index in [0.29, 0.717) is 0 Å². The summed E-state index contributed by atoms with van der Waals surface area (Å²) in [4.78, 5) is 4.13. The molecule has 0 aromatic carbocycles. The molecule has 2 nitrogen and oxygen atoms in total. The van der Waals surface area contributed by atoms with E-state index in [1.54, 1.807) is 0 Å². The molecule has 0 unspecified atom stereocenters. The fourth-order valence-electron chi connectivity index (χ4n) is 1.43. The molecule has 2 aromatic rings. The molecule has 0 saturated carbocycles. The average Bonchev–Trinajstić information content (AvgIpc) is 2.62. The van der Waals surface area contributed by atoms with E-state index in [-0.39, 0.29) is 0 Å². The lowest BCUT2D eigenvalue weighted by Crippen LogP contribution is -1.92. The third-order valence-electron chi connectivity index (χ3n) is 2.11. The fourth-order valence-corrected chi connectivity index (χ4v) is 1.86. The summed E-state index contributed by atoms with van der Waals surface area (Å²) in [6.45, 7) is 0. The lowest BCUT2D eigenvalue weighted by molar-refractivity contribution is 1.10. The van der Waals surface area contributed by atoms with Crippen molar-refractivity contribution in [3.8, 4) is 0 Å². The smallest absolute Gasteiger partial charge is 0.0992 e. The summed E-state index contributed by atoms with van der Waals surface area (Å²) in [6, 6.07) is 4.25. The first kappa shape index (κ1) is 8.63. The second kappa shape index (κ2) is 3.83. The van der Waals surface area contributed by atoms with Gasteiger partial charge in [0, 0.05) is 6.20 Å². The standard InChI is InChI=1S/C10H12N2S/c1-13-6-4-9-3-2-5-12-8-11-7-10(9)12/h2-3,5,7-8H,4,6H2,1H3. The Morgan fingerprint density at radius 3 is 3.31 bits per heavy atom. The molecule has 3 heteroatoms. The molecule has 0 saturated heterocycles. The van der Waals surface area contributed by atoms with E-state index in [2.05, 4.69) is 27.8 Å². The van der Waals surface area contributed by atoms with Crippen molar-refractivity contribution >= 4 is 17.3 Å². The second-order valence-electron chi connectivity index (χ2n) is 2.96. The molecule has 2 aromatic heterocycles. The molecular formula is C10H12N2S. The molecular weight excluding hydrogens is 180 g/mol. The van der Waals surface area contributed by atoms with Gasteiger partial charge in [-0.15, -0.1) is 0 Å². The number of hydrogen-bond donors (Lipinski definition) is 0. The molecule has 0 bridgehead atoms. The van der Waals surface area contributed by atoms with Crippen LogP contribution in [0.15, 0.2) is 30.9 Å². The fraction of sp³-hybridized carbons (Fsp3) is 0.300. The summed E-state index contributed by atoms with van der Waals surface area (Å²) >= 11 is 1.88. The summed E-state index contributed by atoms with van der Waals surface area (Å²) in [7, 11) is 0. The van der Waals surface area contributed by atoms with Gasteiger partial charge >= 0.3 is 0 Å². The minimum Gasteiger partial charge on any atom is -0.306 e. The van der Waals surface area contributed by atoms with Crippen molar-refractivity contribution in [3.63, 3.8) is 0 Å². The van der Waals surface area contributed by atoms with E-state index >= 15 is 0 Å². The molecule has 0 atom stereocenters. The van der Waals surface area contributed by atoms with Crippen LogP contribution in [0, 0.1) is 0 Å². The predicted molar refractivity (Wildman–Crippen MR) is 57.3 cm³/mol. The number of aryl methyl sites for hydroxylation is 1. The Kier molecular flexibility index (Phi) is 2.54. The molecule has 0 aliphatic rings. The van der Waals surface area contributed by atoms with E-state index < -0.39 is 0 Å². The van der Waals surface area contributed by atoms with E-state index in [1.807, 2.05) is 30.5 Å². The van der Waals surface area contributed by atoms with Crippen LogP contribution in [0.2, 0.25) is 0 Å². The number of rotatable bonds is 3. The molecule has 0 N–H and O–H groups in total. The molecule has 0 fully saturated rings. The number of aromatic nitrogens is 2. The first-order valence-corrected chi connectivity index (χ1v) is 5.69. The number of pyridine rings is 1.